The van der Waals surface area contributed by atoms with E-state index >= 15 is 0 Å². The fourth-order valence-corrected chi connectivity index (χ4v) is 2.42. The maximum Gasteiger partial charge on any atom is 0.233 e. The van der Waals surface area contributed by atoms with Crippen LogP contribution < -0.4 is 5.32 Å². The number of amides is 2. The fourth-order valence-electron chi connectivity index (χ4n) is 2.42. The molecule has 0 fully saturated rings. The van der Waals surface area contributed by atoms with Gasteiger partial charge in [-0.3, -0.25) is 19.3 Å². The average molecular weight is 351 g/mol. The molecule has 0 aromatic carbocycles. The van der Waals surface area contributed by atoms with E-state index in [0.717, 1.165) is 12.1 Å². The second-order valence-corrected chi connectivity index (χ2v) is 5.55. The Morgan fingerprint density at radius 2 is 2.24 bits per heavy atom. The van der Waals surface area contributed by atoms with E-state index in [1.165, 1.54) is 12.0 Å². The van der Waals surface area contributed by atoms with E-state index in [1.807, 2.05) is 33.9 Å². The molecule has 1 aliphatic heterocycles. The van der Waals surface area contributed by atoms with Crippen molar-refractivity contribution in [3.63, 3.8) is 0 Å². The molecule has 1 aromatic rings. The average Bonchev–Trinajstić information content (AvgIpc) is 3.05. The van der Waals surface area contributed by atoms with Crippen molar-refractivity contribution in [3.8, 4) is 0 Å². The summed E-state index contributed by atoms with van der Waals surface area (Å²) in [6.07, 6.45) is 5.29. The number of anilines is 1. The highest BCUT2D eigenvalue weighted by Gasteiger charge is 2.24. The summed E-state index contributed by atoms with van der Waals surface area (Å²) in [4.78, 5) is 29.9. The van der Waals surface area contributed by atoms with Crippen molar-refractivity contribution in [1.82, 2.24) is 19.7 Å². The number of carbonyl (C=O) groups excluding carboxylic acids is 2. The summed E-state index contributed by atoms with van der Waals surface area (Å²) in [6, 6.07) is 1.55. The van der Waals surface area contributed by atoms with Crippen LogP contribution in [0.2, 0.25) is 0 Å². The molecular weight excluding hydrogens is 322 g/mol. The van der Waals surface area contributed by atoms with Crippen molar-refractivity contribution in [2.24, 2.45) is 0 Å². The van der Waals surface area contributed by atoms with Gasteiger partial charge in [0.25, 0.3) is 0 Å². The Kier molecular flexibility index (Phi) is 8.87. The predicted octanol–water partition coefficient (Wildman–Crippen LogP) is 1.82. The first-order valence-corrected chi connectivity index (χ1v) is 8.63. The zero-order valence-electron chi connectivity index (χ0n) is 15.7. The second kappa shape index (κ2) is 10.6. The maximum absolute atomic E-state index is 11.3. The van der Waals surface area contributed by atoms with Crippen LogP contribution in [0.15, 0.2) is 18.3 Å². The lowest BCUT2D eigenvalue weighted by atomic mass is 10.1. The lowest BCUT2D eigenvalue weighted by Gasteiger charge is -2.33. The maximum atomic E-state index is 11.3. The van der Waals surface area contributed by atoms with Gasteiger partial charge in [0.2, 0.25) is 12.3 Å². The van der Waals surface area contributed by atoms with Gasteiger partial charge < -0.3 is 5.32 Å². The molecule has 0 spiro atoms. The van der Waals surface area contributed by atoms with Gasteiger partial charge in [-0.2, -0.15) is 5.10 Å². The van der Waals surface area contributed by atoms with Crippen LogP contribution in [-0.4, -0.2) is 64.8 Å². The Labute approximate surface area is 149 Å². The van der Waals surface area contributed by atoms with Crippen LogP contribution in [-0.2, 0) is 14.4 Å². The van der Waals surface area contributed by atoms with E-state index in [4.69, 9.17) is 4.84 Å². The molecule has 1 aliphatic rings. The van der Waals surface area contributed by atoms with Gasteiger partial charge in [0.1, 0.15) is 0 Å². The summed E-state index contributed by atoms with van der Waals surface area (Å²) in [6.45, 7) is 9.31. The molecule has 0 aliphatic carbocycles. The van der Waals surface area contributed by atoms with Crippen LogP contribution in [0, 0.1) is 0 Å². The lowest BCUT2D eigenvalue weighted by Crippen LogP contribution is -2.45. The molecule has 1 N–H and O–H groups in total. The van der Waals surface area contributed by atoms with Crippen LogP contribution in [0.4, 0.5) is 5.82 Å². The zero-order valence-corrected chi connectivity index (χ0v) is 15.7. The van der Waals surface area contributed by atoms with Crippen molar-refractivity contribution in [1.29, 1.82) is 0 Å². The monoisotopic (exact) mass is 351 g/mol. The van der Waals surface area contributed by atoms with Gasteiger partial charge in [-0.05, 0) is 19.5 Å². The molecular formula is C17H29N5O3. The van der Waals surface area contributed by atoms with Crippen LogP contribution >= 0.6 is 0 Å². The minimum absolute atomic E-state index is 0.164. The first kappa shape index (κ1) is 20.9. The second-order valence-electron chi connectivity index (χ2n) is 5.55. The summed E-state index contributed by atoms with van der Waals surface area (Å²) >= 11 is 0. The number of carbonyl (C=O) groups is 2. The van der Waals surface area contributed by atoms with Crippen molar-refractivity contribution < 1.29 is 14.4 Å². The SMILES string of the molecule is CC.CCCON(C=O)C1C=C(n2ccc(NC(C)=O)n2)CN(C)C1. The number of nitrogens with zero attached hydrogens (tertiary/aromatic N) is 4. The summed E-state index contributed by atoms with van der Waals surface area (Å²) in [5.41, 5.74) is 0.923. The third-order valence-electron chi connectivity index (χ3n) is 3.38. The van der Waals surface area contributed by atoms with Gasteiger partial charge in [0.05, 0.1) is 18.3 Å². The van der Waals surface area contributed by atoms with E-state index in [9.17, 15) is 9.59 Å². The molecule has 2 amide bonds. The largest absolute Gasteiger partial charge is 0.309 e. The van der Waals surface area contributed by atoms with Gasteiger partial charge in [-0.1, -0.05) is 20.8 Å². The molecule has 0 bridgehead atoms. The van der Waals surface area contributed by atoms with E-state index in [1.54, 1.807) is 16.9 Å². The minimum Gasteiger partial charge on any atom is -0.309 e. The normalized spacial score (nSPS) is 17.2. The number of hydrogen-bond acceptors (Lipinski definition) is 5. The molecule has 140 valence electrons. The fraction of sp³-hybridized carbons (Fsp3) is 0.588. The third-order valence-corrected chi connectivity index (χ3v) is 3.38. The predicted molar refractivity (Wildman–Crippen MR) is 97.6 cm³/mol. The molecule has 8 nitrogen and oxygen atoms in total. The van der Waals surface area contributed by atoms with Gasteiger partial charge in [0.15, 0.2) is 5.82 Å². The molecule has 0 saturated carbocycles. The molecule has 1 unspecified atom stereocenters. The van der Waals surface area contributed by atoms with Crippen molar-refractivity contribution in [2.45, 2.75) is 40.2 Å². The number of hydrogen-bond donors (Lipinski definition) is 1. The molecule has 8 heteroatoms. The van der Waals surface area contributed by atoms with E-state index < -0.39 is 0 Å². The summed E-state index contributed by atoms with van der Waals surface area (Å²) in [5.74, 6) is 0.334. The van der Waals surface area contributed by atoms with Crippen LogP contribution in [0.5, 0.6) is 0 Å². The number of rotatable bonds is 7. The summed E-state index contributed by atoms with van der Waals surface area (Å²) in [7, 11) is 1.97. The van der Waals surface area contributed by atoms with Crippen LogP contribution in [0.25, 0.3) is 5.70 Å². The molecule has 1 atom stereocenters. The number of hydroxylamine groups is 2. The van der Waals surface area contributed by atoms with Gasteiger partial charge >= 0.3 is 0 Å². The Hall–Kier alpha value is -2.19. The first-order valence-electron chi connectivity index (χ1n) is 8.63. The Morgan fingerprint density at radius 3 is 2.84 bits per heavy atom. The first-order chi connectivity index (χ1) is 12.0. The summed E-state index contributed by atoms with van der Waals surface area (Å²) < 4.78 is 1.71. The van der Waals surface area contributed by atoms with E-state index in [-0.39, 0.29) is 11.9 Å². The smallest absolute Gasteiger partial charge is 0.233 e. The standard InChI is InChI=1S/C15H23N5O3.C2H6/c1-4-7-23-20(11-21)14-8-13(9-18(3)10-14)19-6-5-15(17-19)16-12(2)22;1-2/h5-6,8,11,14H,4,7,9-10H2,1-3H3,(H,16,17,22);1-2H3. The van der Waals surface area contributed by atoms with Crippen molar-refractivity contribution in [2.75, 3.05) is 32.1 Å². The van der Waals surface area contributed by atoms with E-state index in [2.05, 4.69) is 15.3 Å². The zero-order chi connectivity index (χ0) is 18.8. The molecule has 25 heavy (non-hydrogen) atoms. The van der Waals surface area contributed by atoms with E-state index in [0.29, 0.717) is 31.9 Å². The molecule has 1 aromatic heterocycles. The third kappa shape index (κ3) is 6.32. The molecule has 0 radical (unpaired) electrons. The Morgan fingerprint density at radius 1 is 1.52 bits per heavy atom. The van der Waals surface area contributed by atoms with Crippen molar-refractivity contribution >= 4 is 23.8 Å². The highest BCUT2D eigenvalue weighted by molar-refractivity contribution is 5.87. The van der Waals surface area contributed by atoms with Gasteiger partial charge in [0, 0.05) is 32.3 Å². The van der Waals surface area contributed by atoms with Crippen molar-refractivity contribution in [3.05, 3.63) is 18.3 Å². The van der Waals surface area contributed by atoms with Crippen LogP contribution in [0.1, 0.15) is 34.1 Å². The lowest BCUT2D eigenvalue weighted by molar-refractivity contribution is -0.182. The van der Waals surface area contributed by atoms with Gasteiger partial charge in [-0.25, -0.2) is 9.75 Å². The highest BCUT2D eigenvalue weighted by Crippen LogP contribution is 2.18. The molecule has 2 rings (SSSR count). The number of aromatic nitrogens is 2. The topological polar surface area (TPSA) is 79.7 Å². The highest BCUT2D eigenvalue weighted by atomic mass is 16.7. The quantitative estimate of drug-likeness (QED) is 0.599. The number of likely N-dealkylation sites (N-methyl/N-ethyl adjacent to an activating group) is 1. The minimum atomic E-state index is -0.179. The molecule has 2 heterocycles. The Bertz CT molecular complexity index is 585. The number of nitrogens with one attached hydrogen (secondary N) is 1. The molecule has 0 saturated heterocycles. The Balaban J connectivity index is 0.00000151. The summed E-state index contributed by atoms with van der Waals surface area (Å²) in [5, 5.41) is 8.32. The van der Waals surface area contributed by atoms with Gasteiger partial charge in [-0.15, -0.1) is 0 Å². The van der Waals surface area contributed by atoms with Crippen LogP contribution in [0.3, 0.4) is 0 Å².